The largest absolute Gasteiger partial charge is 0.0616 e. The van der Waals surface area contributed by atoms with Gasteiger partial charge in [-0.15, -0.1) is 0 Å². The summed E-state index contributed by atoms with van der Waals surface area (Å²) in [5.41, 5.74) is 18.6. The molecule has 0 aliphatic heterocycles. The summed E-state index contributed by atoms with van der Waals surface area (Å²) < 4.78 is 0. The van der Waals surface area contributed by atoms with E-state index in [2.05, 4.69) is 225 Å². The van der Waals surface area contributed by atoms with Crippen molar-refractivity contribution in [1.82, 2.24) is 0 Å². The second-order valence-corrected chi connectivity index (χ2v) is 22.1. The minimum Gasteiger partial charge on any atom is -0.0616 e. The van der Waals surface area contributed by atoms with Crippen LogP contribution in [0.1, 0.15) is 63.8 Å². The van der Waals surface area contributed by atoms with Gasteiger partial charge in [-0.1, -0.05) is 205 Å². The Kier molecular flexibility index (Phi) is 7.89. The van der Waals surface area contributed by atoms with E-state index < -0.39 is 0 Å². The molecular formula is C68H52. The number of aryl methyl sites for hydroxylation is 2. The Morgan fingerprint density at radius 3 is 1.47 bits per heavy atom. The molecule has 0 atom stereocenters. The van der Waals surface area contributed by atoms with Gasteiger partial charge in [-0.3, -0.25) is 0 Å². The molecule has 68 heavy (non-hydrogen) atoms. The standard InChI is InChI=1S/C68H52/c1-37-33-54-45-17-11-12-18-47(45)58-38(2)35-53(55(34-37)64(54)58)46-31-32-52-61-49(46)20-14-22-51(61)66-60(40-25-29-42(30-26-40)68(6,7)8)63-50-21-13-19-48-43-15-9-10-16-44(43)56(62(48)50)36-57(63)59(65(52)66)39-23-27-41(28-24-39)67(3,4)5/h9-36H,1-8H3. The van der Waals surface area contributed by atoms with Crippen LogP contribution in [0.15, 0.2) is 170 Å². The van der Waals surface area contributed by atoms with E-state index in [4.69, 9.17) is 0 Å². The molecular weight excluding hydrogens is 817 g/mol. The monoisotopic (exact) mass is 868 g/mol. The zero-order valence-electron chi connectivity index (χ0n) is 40.2. The molecule has 14 rings (SSSR count). The topological polar surface area (TPSA) is 0 Å². The first-order valence-electron chi connectivity index (χ1n) is 24.5. The highest BCUT2D eigenvalue weighted by Gasteiger charge is 2.30. The van der Waals surface area contributed by atoms with Crippen LogP contribution < -0.4 is 0 Å². The summed E-state index contributed by atoms with van der Waals surface area (Å²) in [5, 5.41) is 21.3. The zero-order valence-corrected chi connectivity index (χ0v) is 40.2. The molecule has 0 fully saturated rings. The smallest absolute Gasteiger partial charge is 0.000719 e. The normalized spacial score (nSPS) is 13.0. The van der Waals surface area contributed by atoms with Gasteiger partial charge in [-0.2, -0.15) is 0 Å². The van der Waals surface area contributed by atoms with Crippen LogP contribution in [0.5, 0.6) is 0 Å². The summed E-state index contributed by atoms with van der Waals surface area (Å²) in [4.78, 5) is 0. The van der Waals surface area contributed by atoms with Crippen LogP contribution >= 0.6 is 0 Å². The lowest BCUT2D eigenvalue weighted by molar-refractivity contribution is 0.590. The van der Waals surface area contributed by atoms with Crippen molar-refractivity contribution in [2.45, 2.75) is 66.2 Å². The number of rotatable bonds is 3. The number of hydrogen-bond acceptors (Lipinski definition) is 0. The maximum Gasteiger partial charge on any atom is -0.000719 e. The number of hydrogen-bond donors (Lipinski definition) is 0. The van der Waals surface area contributed by atoms with Gasteiger partial charge in [0.25, 0.3) is 0 Å². The Labute approximate surface area is 398 Å². The summed E-state index contributed by atoms with van der Waals surface area (Å²) in [6.07, 6.45) is 0. The molecule has 0 amide bonds. The van der Waals surface area contributed by atoms with Crippen molar-refractivity contribution in [3.8, 4) is 55.6 Å². The van der Waals surface area contributed by atoms with Gasteiger partial charge >= 0.3 is 0 Å². The van der Waals surface area contributed by atoms with E-state index in [-0.39, 0.29) is 10.8 Å². The first-order chi connectivity index (χ1) is 32.8. The number of fused-ring (bicyclic) bond motifs is 11. The minimum absolute atomic E-state index is 0.0349. The van der Waals surface area contributed by atoms with E-state index in [9.17, 15) is 0 Å². The molecule has 0 heteroatoms. The lowest BCUT2D eigenvalue weighted by atomic mass is 9.81. The SMILES string of the molecule is Cc1cc2c3c(c(C)cc(-c4ccc5c6c(-c7ccc(C(C)(C)C)cc7)c7cc8c9ccccc9c9cccc(c7c(-c7ccc(C(C)(C)C)cc7)c6c6cccc4c56)c98)c3c1)-c1ccccc1-2. The van der Waals surface area contributed by atoms with Crippen molar-refractivity contribution in [1.29, 1.82) is 0 Å². The van der Waals surface area contributed by atoms with Crippen LogP contribution in [0, 0.1) is 13.8 Å². The molecule has 324 valence electrons. The highest BCUT2D eigenvalue weighted by Crippen LogP contribution is 2.57. The van der Waals surface area contributed by atoms with Crippen molar-refractivity contribution in [2.75, 3.05) is 0 Å². The second kappa shape index (κ2) is 13.6. The molecule has 0 bridgehead atoms. The molecule has 0 unspecified atom stereocenters. The zero-order chi connectivity index (χ0) is 46.1. The third-order valence-electron chi connectivity index (χ3n) is 16.0. The highest BCUT2D eigenvalue weighted by molar-refractivity contribution is 6.45. The summed E-state index contributed by atoms with van der Waals surface area (Å²) in [6.45, 7) is 18.5. The van der Waals surface area contributed by atoms with Crippen LogP contribution in [-0.2, 0) is 10.8 Å². The molecule has 0 radical (unpaired) electrons. The number of benzene rings is 11. The van der Waals surface area contributed by atoms with Gasteiger partial charge in [0.2, 0.25) is 0 Å². The Balaban J connectivity index is 1.19. The van der Waals surface area contributed by atoms with E-state index >= 15 is 0 Å². The highest BCUT2D eigenvalue weighted by atomic mass is 14.3. The molecule has 0 heterocycles. The molecule has 13 aromatic rings. The van der Waals surface area contributed by atoms with E-state index in [1.54, 1.807) is 0 Å². The maximum atomic E-state index is 2.57. The first-order valence-corrected chi connectivity index (χ1v) is 24.5. The second-order valence-electron chi connectivity index (χ2n) is 22.1. The van der Waals surface area contributed by atoms with Gasteiger partial charge in [0.1, 0.15) is 0 Å². The van der Waals surface area contributed by atoms with Gasteiger partial charge < -0.3 is 0 Å². The van der Waals surface area contributed by atoms with Crippen molar-refractivity contribution in [3.63, 3.8) is 0 Å². The summed E-state index contributed by atoms with van der Waals surface area (Å²) in [6, 6.07) is 66.2. The van der Waals surface area contributed by atoms with Gasteiger partial charge in [0, 0.05) is 0 Å². The molecule has 0 aromatic heterocycles. The fourth-order valence-corrected chi connectivity index (χ4v) is 12.9. The van der Waals surface area contributed by atoms with Crippen LogP contribution in [0.3, 0.4) is 0 Å². The fourth-order valence-electron chi connectivity index (χ4n) is 12.9. The Bertz CT molecular complexity index is 4300. The average Bonchev–Trinajstić information content (AvgIpc) is 3.97. The van der Waals surface area contributed by atoms with Gasteiger partial charge in [0.15, 0.2) is 0 Å². The van der Waals surface area contributed by atoms with E-state index in [1.165, 1.54) is 164 Å². The van der Waals surface area contributed by atoms with Crippen LogP contribution in [-0.4, -0.2) is 0 Å². The molecule has 0 saturated carbocycles. The van der Waals surface area contributed by atoms with Crippen molar-refractivity contribution >= 4 is 86.2 Å². The quantitative estimate of drug-likeness (QED) is 0.155. The van der Waals surface area contributed by atoms with Gasteiger partial charge in [0.05, 0.1) is 0 Å². The van der Waals surface area contributed by atoms with E-state index in [1.807, 2.05) is 0 Å². The summed E-state index contributed by atoms with van der Waals surface area (Å²) >= 11 is 0. The van der Waals surface area contributed by atoms with Crippen LogP contribution in [0.25, 0.3) is 142 Å². The van der Waals surface area contributed by atoms with E-state index in [0.717, 1.165) is 0 Å². The lowest BCUT2D eigenvalue weighted by Crippen LogP contribution is -2.10. The summed E-state index contributed by atoms with van der Waals surface area (Å²) in [7, 11) is 0. The molecule has 0 nitrogen and oxygen atoms in total. The van der Waals surface area contributed by atoms with Crippen molar-refractivity contribution < 1.29 is 0 Å². The molecule has 0 spiro atoms. The van der Waals surface area contributed by atoms with Crippen molar-refractivity contribution in [3.05, 3.63) is 192 Å². The molecule has 1 aliphatic rings. The van der Waals surface area contributed by atoms with Crippen molar-refractivity contribution in [2.24, 2.45) is 0 Å². The molecule has 1 aliphatic carbocycles. The predicted octanol–water partition coefficient (Wildman–Crippen LogP) is 19.6. The average molecular weight is 869 g/mol. The predicted molar refractivity (Wildman–Crippen MR) is 296 cm³/mol. The fraction of sp³-hybridized carbons (Fsp3) is 0.147. The Morgan fingerprint density at radius 2 is 0.794 bits per heavy atom. The molecule has 13 aromatic carbocycles. The van der Waals surface area contributed by atoms with Crippen LogP contribution in [0.2, 0.25) is 0 Å². The molecule has 0 N–H and O–H groups in total. The third kappa shape index (κ3) is 5.27. The van der Waals surface area contributed by atoms with Gasteiger partial charge in [-0.05, 0) is 195 Å². The van der Waals surface area contributed by atoms with E-state index in [0.29, 0.717) is 0 Å². The first kappa shape index (κ1) is 39.6. The minimum atomic E-state index is 0.0349. The van der Waals surface area contributed by atoms with Crippen LogP contribution in [0.4, 0.5) is 0 Å². The Hall–Kier alpha value is -7.54. The lowest BCUT2D eigenvalue weighted by Gasteiger charge is -2.22. The van der Waals surface area contributed by atoms with Gasteiger partial charge in [-0.25, -0.2) is 0 Å². The third-order valence-corrected chi connectivity index (χ3v) is 16.0. The Morgan fingerprint density at radius 1 is 0.265 bits per heavy atom. The summed E-state index contributed by atoms with van der Waals surface area (Å²) in [5.74, 6) is 0. The maximum absolute atomic E-state index is 2.57. The molecule has 0 saturated heterocycles.